The molecule has 2 heterocycles. The van der Waals surface area contributed by atoms with Gasteiger partial charge in [0.2, 0.25) is 0 Å². The van der Waals surface area contributed by atoms with Gasteiger partial charge >= 0.3 is 0 Å². The van der Waals surface area contributed by atoms with Gasteiger partial charge in [-0.2, -0.15) is 5.11 Å². The van der Waals surface area contributed by atoms with Crippen molar-refractivity contribution in [2.75, 3.05) is 11.5 Å². The number of carbonyl (C=O) groups is 2. The Bertz CT molecular complexity index is 915. The molecule has 0 unspecified atom stereocenters. The topological polar surface area (TPSA) is 74.6 Å². The number of amides is 2. The Hall–Kier alpha value is -3.29. The van der Waals surface area contributed by atoms with Crippen LogP contribution in [0, 0.1) is 5.82 Å². The normalized spacial score (nSPS) is 21.1. The van der Waals surface area contributed by atoms with E-state index in [4.69, 9.17) is 4.74 Å². The van der Waals surface area contributed by atoms with E-state index in [0.29, 0.717) is 23.6 Å². The first-order chi connectivity index (χ1) is 13.1. The Morgan fingerprint density at radius 2 is 1.81 bits per heavy atom. The summed E-state index contributed by atoms with van der Waals surface area (Å²) in [6, 6.07) is 11.2. The average Bonchev–Trinajstić information content (AvgIpc) is 3.19. The van der Waals surface area contributed by atoms with Gasteiger partial charge < -0.3 is 4.74 Å². The minimum absolute atomic E-state index is 0.0630. The second kappa shape index (κ2) is 6.79. The maximum atomic E-state index is 13.9. The van der Waals surface area contributed by atoms with Gasteiger partial charge in [-0.3, -0.25) is 14.6 Å². The first-order valence-corrected chi connectivity index (χ1v) is 8.61. The van der Waals surface area contributed by atoms with Crippen molar-refractivity contribution in [3.8, 4) is 5.75 Å². The molecule has 0 aliphatic carbocycles. The summed E-state index contributed by atoms with van der Waals surface area (Å²) < 4.78 is 19.3. The zero-order valence-electron chi connectivity index (χ0n) is 14.6. The number of anilines is 1. The highest BCUT2D eigenvalue weighted by molar-refractivity contribution is 6.25. The van der Waals surface area contributed by atoms with Gasteiger partial charge in [0, 0.05) is 5.56 Å². The van der Waals surface area contributed by atoms with E-state index >= 15 is 0 Å². The van der Waals surface area contributed by atoms with Crippen molar-refractivity contribution in [1.29, 1.82) is 0 Å². The summed E-state index contributed by atoms with van der Waals surface area (Å²) in [5.74, 6) is -0.595. The minimum atomic E-state index is -0.907. The molecule has 0 radical (unpaired) electrons. The van der Waals surface area contributed by atoms with Crippen LogP contribution in [0.15, 0.2) is 58.9 Å². The quantitative estimate of drug-likeness (QED) is 0.761. The molecule has 1 saturated heterocycles. The lowest BCUT2D eigenvalue weighted by molar-refractivity contribution is -0.123. The number of rotatable bonds is 5. The molecule has 1 fully saturated rings. The van der Waals surface area contributed by atoms with Crippen molar-refractivity contribution in [3.05, 3.63) is 59.9 Å². The van der Waals surface area contributed by atoms with Crippen molar-refractivity contribution in [2.45, 2.75) is 25.6 Å². The number of nitrogens with zero attached hydrogens (tertiary/aromatic N) is 4. The first kappa shape index (κ1) is 17.1. The van der Waals surface area contributed by atoms with E-state index in [1.54, 1.807) is 42.5 Å². The molecule has 2 aromatic carbocycles. The molecule has 2 atom stereocenters. The number of hydrogen-bond acceptors (Lipinski definition) is 6. The summed E-state index contributed by atoms with van der Waals surface area (Å²) in [6.45, 7) is 2.46. The number of imide groups is 1. The second-order valence-corrected chi connectivity index (χ2v) is 6.22. The van der Waals surface area contributed by atoms with Crippen molar-refractivity contribution in [3.63, 3.8) is 0 Å². The molecule has 8 heteroatoms. The lowest BCUT2D eigenvalue weighted by atomic mass is 10.1. The summed E-state index contributed by atoms with van der Waals surface area (Å²) in [5, 5.41) is 9.25. The molecule has 2 aromatic rings. The van der Waals surface area contributed by atoms with Crippen LogP contribution in [-0.2, 0) is 16.1 Å². The molecular weight excluding hydrogens is 351 g/mol. The summed E-state index contributed by atoms with van der Waals surface area (Å²) in [4.78, 5) is 26.7. The van der Waals surface area contributed by atoms with E-state index in [0.717, 1.165) is 4.90 Å². The third-order valence-electron chi connectivity index (χ3n) is 4.55. The van der Waals surface area contributed by atoms with Crippen molar-refractivity contribution in [1.82, 2.24) is 5.01 Å². The molecule has 4 rings (SSSR count). The molecule has 138 valence electrons. The van der Waals surface area contributed by atoms with Gasteiger partial charge in [-0.15, -0.1) is 0 Å². The maximum absolute atomic E-state index is 13.9. The number of ether oxygens (including phenoxy) is 1. The molecule has 27 heavy (non-hydrogen) atoms. The second-order valence-electron chi connectivity index (χ2n) is 6.22. The van der Waals surface area contributed by atoms with Crippen LogP contribution in [0.1, 0.15) is 12.5 Å². The van der Waals surface area contributed by atoms with Gasteiger partial charge in [-0.1, -0.05) is 23.4 Å². The molecule has 0 spiro atoms. The monoisotopic (exact) mass is 368 g/mol. The molecule has 0 bridgehead atoms. The average molecular weight is 368 g/mol. The van der Waals surface area contributed by atoms with Crippen LogP contribution in [0.5, 0.6) is 5.75 Å². The van der Waals surface area contributed by atoms with E-state index in [2.05, 4.69) is 10.3 Å². The Kier molecular flexibility index (Phi) is 4.31. The van der Waals surface area contributed by atoms with Crippen LogP contribution in [-0.4, -0.2) is 35.5 Å². The Morgan fingerprint density at radius 1 is 1.07 bits per heavy atom. The van der Waals surface area contributed by atoms with Crippen LogP contribution in [0.3, 0.4) is 0 Å². The summed E-state index contributed by atoms with van der Waals surface area (Å²) in [7, 11) is 0. The summed E-state index contributed by atoms with van der Waals surface area (Å²) in [6.07, 6.45) is 0. The fourth-order valence-corrected chi connectivity index (χ4v) is 3.27. The zero-order valence-corrected chi connectivity index (χ0v) is 14.6. The van der Waals surface area contributed by atoms with Gasteiger partial charge in [0.1, 0.15) is 11.6 Å². The lowest BCUT2D eigenvalue weighted by Crippen LogP contribution is -2.39. The summed E-state index contributed by atoms with van der Waals surface area (Å²) >= 11 is 0. The standard InChI is InChI=1S/C19H17FN4O3/c1-2-27-14-9-7-13(8-10-14)24-18(25)16-17(19(24)26)23(22-21-16)11-12-5-3-4-6-15(12)20/h3-10,16-17H,2,11H2,1H3/t16-,17-/m0/s1. The largest absolute Gasteiger partial charge is 0.494 e. The van der Waals surface area contributed by atoms with Crippen LogP contribution < -0.4 is 9.64 Å². The van der Waals surface area contributed by atoms with E-state index in [9.17, 15) is 14.0 Å². The van der Waals surface area contributed by atoms with Gasteiger partial charge in [-0.25, -0.2) is 9.29 Å². The molecule has 0 aromatic heterocycles. The molecule has 0 N–H and O–H groups in total. The van der Waals surface area contributed by atoms with Gasteiger partial charge in [0.15, 0.2) is 12.1 Å². The fourth-order valence-electron chi connectivity index (χ4n) is 3.27. The highest BCUT2D eigenvalue weighted by Crippen LogP contribution is 2.33. The first-order valence-electron chi connectivity index (χ1n) is 8.61. The van der Waals surface area contributed by atoms with Crippen LogP contribution in [0.4, 0.5) is 10.1 Å². The number of carbonyl (C=O) groups excluding carboxylic acids is 2. The number of fused-ring (bicyclic) bond motifs is 1. The van der Waals surface area contributed by atoms with Crippen LogP contribution >= 0.6 is 0 Å². The van der Waals surface area contributed by atoms with E-state index in [-0.39, 0.29) is 6.54 Å². The maximum Gasteiger partial charge on any atom is 0.263 e. The van der Waals surface area contributed by atoms with E-state index < -0.39 is 29.7 Å². The molecular formula is C19H17FN4O3. The van der Waals surface area contributed by atoms with E-state index in [1.807, 2.05) is 6.92 Å². The molecule has 7 nitrogen and oxygen atoms in total. The van der Waals surface area contributed by atoms with Crippen molar-refractivity contribution in [2.24, 2.45) is 10.3 Å². The van der Waals surface area contributed by atoms with Gasteiger partial charge in [0.05, 0.1) is 18.8 Å². The molecule has 2 aliphatic heterocycles. The Labute approximate surface area is 155 Å². The number of benzene rings is 2. The molecule has 2 amide bonds. The van der Waals surface area contributed by atoms with Crippen LogP contribution in [0.2, 0.25) is 0 Å². The number of halogens is 1. The fraction of sp³-hybridized carbons (Fsp3) is 0.263. The Morgan fingerprint density at radius 3 is 2.52 bits per heavy atom. The lowest BCUT2D eigenvalue weighted by Gasteiger charge is -2.21. The molecule has 2 aliphatic rings. The van der Waals surface area contributed by atoms with Crippen molar-refractivity contribution < 1.29 is 18.7 Å². The highest BCUT2D eigenvalue weighted by atomic mass is 19.1. The third kappa shape index (κ3) is 2.92. The Balaban J connectivity index is 1.57. The van der Waals surface area contributed by atoms with Crippen LogP contribution in [0.25, 0.3) is 0 Å². The number of hydrogen-bond donors (Lipinski definition) is 0. The third-order valence-corrected chi connectivity index (χ3v) is 4.55. The zero-order chi connectivity index (χ0) is 19.0. The van der Waals surface area contributed by atoms with Gasteiger partial charge in [-0.05, 0) is 37.3 Å². The van der Waals surface area contributed by atoms with Crippen molar-refractivity contribution >= 4 is 17.5 Å². The predicted octanol–water partition coefficient (Wildman–Crippen LogP) is 2.72. The highest BCUT2D eigenvalue weighted by Gasteiger charge is 2.54. The summed E-state index contributed by atoms with van der Waals surface area (Å²) in [5.41, 5.74) is 0.834. The van der Waals surface area contributed by atoms with E-state index in [1.165, 1.54) is 11.1 Å². The smallest absolute Gasteiger partial charge is 0.263 e. The van der Waals surface area contributed by atoms with Gasteiger partial charge in [0.25, 0.3) is 11.8 Å². The molecule has 0 saturated carbocycles. The SMILES string of the molecule is CCOc1ccc(N2C(=O)[C@H]3N=NN(Cc4ccccc4F)[C@@H]3C2=O)cc1. The minimum Gasteiger partial charge on any atom is -0.494 e. The predicted molar refractivity (Wildman–Crippen MR) is 94.5 cm³/mol.